The number of hydrogen-bond donors (Lipinski definition) is 0. The van der Waals surface area contributed by atoms with E-state index in [1.165, 1.54) is 0 Å². The first-order valence-corrected chi connectivity index (χ1v) is 4.36. The summed E-state index contributed by atoms with van der Waals surface area (Å²) >= 11 is 0. The lowest BCUT2D eigenvalue weighted by Crippen LogP contribution is -2.02. The van der Waals surface area contributed by atoms with Gasteiger partial charge in [0.05, 0.1) is 6.10 Å². The van der Waals surface area contributed by atoms with Gasteiger partial charge in [0, 0.05) is 7.11 Å². The summed E-state index contributed by atoms with van der Waals surface area (Å²) < 4.78 is 5.12. The highest BCUT2D eigenvalue weighted by Gasteiger charge is 1.95. The van der Waals surface area contributed by atoms with Crippen LogP contribution in [0.5, 0.6) is 0 Å². The van der Waals surface area contributed by atoms with Crippen molar-refractivity contribution >= 4 is 0 Å². The fourth-order valence-corrected chi connectivity index (χ4v) is 0.817. The smallest absolute Gasteiger partial charge is 0.0546 e. The Morgan fingerprint density at radius 2 is 1.91 bits per heavy atom. The summed E-state index contributed by atoms with van der Waals surface area (Å²) in [5.41, 5.74) is 0. The average molecular weight is 156 g/mol. The highest BCUT2D eigenvalue weighted by Crippen LogP contribution is 2.02. The molecule has 0 spiro atoms. The highest BCUT2D eigenvalue weighted by atomic mass is 16.5. The maximum Gasteiger partial charge on any atom is 0.0546 e. The molecule has 0 heterocycles. The molecule has 0 aromatic rings. The molecule has 66 valence electrons. The van der Waals surface area contributed by atoms with Gasteiger partial charge in [0.25, 0.3) is 0 Å². The zero-order valence-electron chi connectivity index (χ0n) is 8.13. The van der Waals surface area contributed by atoms with E-state index >= 15 is 0 Å². The van der Waals surface area contributed by atoms with Crippen molar-refractivity contribution in [2.24, 2.45) is 5.92 Å². The van der Waals surface area contributed by atoms with Crippen molar-refractivity contribution in [2.45, 2.75) is 39.7 Å². The molecule has 1 unspecified atom stereocenters. The van der Waals surface area contributed by atoms with Crippen LogP contribution < -0.4 is 0 Å². The SMILES string of the molecule is COC(C)CC/C=C/C(C)C. The molecule has 0 saturated carbocycles. The van der Waals surface area contributed by atoms with Crippen LogP contribution in [-0.2, 0) is 4.74 Å². The van der Waals surface area contributed by atoms with Gasteiger partial charge < -0.3 is 4.74 Å². The third kappa shape index (κ3) is 7.60. The molecule has 11 heavy (non-hydrogen) atoms. The van der Waals surface area contributed by atoms with Crippen LogP contribution in [0.15, 0.2) is 12.2 Å². The summed E-state index contributed by atoms with van der Waals surface area (Å²) in [6.07, 6.45) is 7.13. The zero-order chi connectivity index (χ0) is 8.69. The molecule has 1 atom stereocenters. The Hall–Kier alpha value is -0.300. The van der Waals surface area contributed by atoms with Crippen molar-refractivity contribution in [3.05, 3.63) is 12.2 Å². The van der Waals surface area contributed by atoms with E-state index in [-0.39, 0.29) is 0 Å². The minimum absolute atomic E-state index is 0.395. The first kappa shape index (κ1) is 10.7. The molecule has 0 saturated heterocycles. The van der Waals surface area contributed by atoms with Crippen LogP contribution in [-0.4, -0.2) is 13.2 Å². The number of allylic oxidation sites excluding steroid dienone is 2. The Morgan fingerprint density at radius 1 is 1.27 bits per heavy atom. The van der Waals surface area contributed by atoms with E-state index in [4.69, 9.17) is 4.74 Å². The molecule has 0 N–H and O–H groups in total. The second kappa shape index (κ2) is 6.41. The van der Waals surface area contributed by atoms with Crippen molar-refractivity contribution in [3.63, 3.8) is 0 Å². The second-order valence-corrected chi connectivity index (χ2v) is 3.30. The van der Waals surface area contributed by atoms with E-state index in [1.807, 2.05) is 0 Å². The molecule has 0 aromatic carbocycles. The van der Waals surface area contributed by atoms with Crippen molar-refractivity contribution in [3.8, 4) is 0 Å². The maximum atomic E-state index is 5.12. The fourth-order valence-electron chi connectivity index (χ4n) is 0.817. The molecule has 0 aliphatic heterocycles. The van der Waals surface area contributed by atoms with E-state index in [0.717, 1.165) is 12.8 Å². The van der Waals surface area contributed by atoms with E-state index in [0.29, 0.717) is 12.0 Å². The summed E-state index contributed by atoms with van der Waals surface area (Å²) in [6, 6.07) is 0. The lowest BCUT2D eigenvalue weighted by atomic mass is 10.1. The maximum absolute atomic E-state index is 5.12. The zero-order valence-corrected chi connectivity index (χ0v) is 8.13. The van der Waals surface area contributed by atoms with E-state index in [1.54, 1.807) is 7.11 Å². The largest absolute Gasteiger partial charge is 0.382 e. The van der Waals surface area contributed by atoms with Crippen molar-refractivity contribution < 1.29 is 4.74 Å². The van der Waals surface area contributed by atoms with Gasteiger partial charge in [0.15, 0.2) is 0 Å². The molecular formula is C10H20O. The van der Waals surface area contributed by atoms with Crippen molar-refractivity contribution in [2.75, 3.05) is 7.11 Å². The van der Waals surface area contributed by atoms with E-state index in [9.17, 15) is 0 Å². The molecule has 0 aliphatic carbocycles. The third-order valence-corrected chi connectivity index (χ3v) is 1.66. The Morgan fingerprint density at radius 3 is 2.36 bits per heavy atom. The van der Waals surface area contributed by atoms with Gasteiger partial charge in [-0.25, -0.2) is 0 Å². The van der Waals surface area contributed by atoms with Gasteiger partial charge in [-0.05, 0) is 25.7 Å². The van der Waals surface area contributed by atoms with Crippen molar-refractivity contribution in [1.29, 1.82) is 0 Å². The molecule has 0 rings (SSSR count). The van der Waals surface area contributed by atoms with Crippen LogP contribution in [0.25, 0.3) is 0 Å². The van der Waals surface area contributed by atoms with Crippen LogP contribution in [0.3, 0.4) is 0 Å². The summed E-state index contributed by atoms with van der Waals surface area (Å²) in [6.45, 7) is 6.48. The summed E-state index contributed by atoms with van der Waals surface area (Å²) in [5, 5.41) is 0. The Balaban J connectivity index is 3.26. The highest BCUT2D eigenvalue weighted by molar-refractivity contribution is 4.84. The Labute approximate surface area is 70.4 Å². The molecule has 1 heteroatoms. The van der Waals surface area contributed by atoms with Gasteiger partial charge in [-0.3, -0.25) is 0 Å². The predicted molar refractivity (Wildman–Crippen MR) is 49.7 cm³/mol. The van der Waals surface area contributed by atoms with Gasteiger partial charge in [-0.2, -0.15) is 0 Å². The van der Waals surface area contributed by atoms with Gasteiger partial charge in [0.2, 0.25) is 0 Å². The Bertz CT molecular complexity index is 105. The minimum Gasteiger partial charge on any atom is -0.382 e. The Kier molecular flexibility index (Phi) is 6.24. The van der Waals surface area contributed by atoms with Gasteiger partial charge >= 0.3 is 0 Å². The topological polar surface area (TPSA) is 9.23 Å². The first-order chi connectivity index (χ1) is 5.16. The van der Waals surface area contributed by atoms with E-state index in [2.05, 4.69) is 32.9 Å². The summed E-state index contributed by atoms with van der Waals surface area (Å²) in [7, 11) is 1.76. The molecule has 0 aliphatic rings. The first-order valence-electron chi connectivity index (χ1n) is 4.36. The number of rotatable bonds is 5. The molecule has 0 radical (unpaired) electrons. The summed E-state index contributed by atoms with van der Waals surface area (Å²) in [4.78, 5) is 0. The van der Waals surface area contributed by atoms with Gasteiger partial charge in [-0.1, -0.05) is 26.0 Å². The molecule has 1 nitrogen and oxygen atoms in total. The summed E-state index contributed by atoms with van der Waals surface area (Å²) in [5.74, 6) is 0.674. The van der Waals surface area contributed by atoms with Crippen LogP contribution in [0, 0.1) is 5.92 Å². The molecule has 0 amide bonds. The standard InChI is InChI=1S/C10H20O/c1-9(2)7-5-6-8-10(3)11-4/h5,7,9-10H,6,8H2,1-4H3/b7-5+. The van der Waals surface area contributed by atoms with Gasteiger partial charge in [0.1, 0.15) is 0 Å². The predicted octanol–water partition coefficient (Wildman–Crippen LogP) is 3.01. The molecule has 0 aromatic heterocycles. The fraction of sp³-hybridized carbons (Fsp3) is 0.800. The van der Waals surface area contributed by atoms with Crippen LogP contribution in [0.4, 0.5) is 0 Å². The number of ether oxygens (including phenoxy) is 1. The third-order valence-electron chi connectivity index (χ3n) is 1.66. The van der Waals surface area contributed by atoms with Gasteiger partial charge in [-0.15, -0.1) is 0 Å². The normalized spacial score (nSPS) is 14.6. The lowest BCUT2D eigenvalue weighted by Gasteiger charge is -2.05. The minimum atomic E-state index is 0.395. The average Bonchev–Trinajstić information content (AvgIpc) is 1.97. The molecular weight excluding hydrogens is 136 g/mol. The number of hydrogen-bond acceptors (Lipinski definition) is 1. The number of methoxy groups -OCH3 is 1. The monoisotopic (exact) mass is 156 g/mol. The molecule has 0 bridgehead atoms. The second-order valence-electron chi connectivity index (χ2n) is 3.30. The van der Waals surface area contributed by atoms with Crippen molar-refractivity contribution in [1.82, 2.24) is 0 Å². The lowest BCUT2D eigenvalue weighted by molar-refractivity contribution is 0.112. The van der Waals surface area contributed by atoms with E-state index < -0.39 is 0 Å². The quantitative estimate of drug-likeness (QED) is 0.556. The van der Waals surface area contributed by atoms with Crippen LogP contribution in [0.1, 0.15) is 33.6 Å². The van der Waals surface area contributed by atoms with Crippen LogP contribution >= 0.6 is 0 Å². The van der Waals surface area contributed by atoms with Crippen LogP contribution in [0.2, 0.25) is 0 Å². The molecule has 0 fully saturated rings.